The summed E-state index contributed by atoms with van der Waals surface area (Å²) in [6, 6.07) is 5.76. The van der Waals surface area contributed by atoms with Crippen molar-refractivity contribution < 1.29 is 0 Å². The average Bonchev–Trinajstić information content (AvgIpc) is 2.61. The first-order valence-corrected chi connectivity index (χ1v) is 39.6. The third-order valence-corrected chi connectivity index (χ3v) is 39.9. The molecule has 0 fully saturated rings. The topological polar surface area (TPSA) is 0 Å². The van der Waals surface area contributed by atoms with E-state index in [1.54, 1.807) is 5.56 Å². The molecule has 219 valence electrons. The van der Waals surface area contributed by atoms with Crippen molar-refractivity contribution in [3.63, 3.8) is 0 Å². The van der Waals surface area contributed by atoms with Gasteiger partial charge < -0.3 is 0 Å². The maximum absolute atomic E-state index is 2.88. The minimum absolute atomic E-state index is 0.787. The molecule has 39 heavy (non-hydrogen) atoms. The maximum atomic E-state index is 2.88. The van der Waals surface area contributed by atoms with E-state index in [2.05, 4.69) is 153 Å². The van der Waals surface area contributed by atoms with Crippen LogP contribution in [0.2, 0.25) is 118 Å². The molecule has 0 amide bonds. The molecule has 0 bridgehead atoms. The highest BCUT2D eigenvalue weighted by molar-refractivity contribution is 7.00. The molecule has 0 aliphatic carbocycles. The van der Waals surface area contributed by atoms with Crippen LogP contribution in [0.5, 0.6) is 0 Å². The monoisotopic (exact) mass is 659 g/mol. The summed E-state index contributed by atoms with van der Waals surface area (Å²) < 4.78 is 0. The van der Waals surface area contributed by atoms with E-state index in [0.29, 0.717) is 0 Å². The number of rotatable bonds is 10. The molecule has 0 unspecified atom stereocenters. The Morgan fingerprint density at radius 2 is 0.846 bits per heavy atom. The number of hydrogen-bond acceptors (Lipinski definition) is 0. The van der Waals surface area contributed by atoms with E-state index >= 15 is 0 Å². The second-order valence-corrected chi connectivity index (χ2v) is 55.5. The fourth-order valence-electron chi connectivity index (χ4n) is 8.98. The van der Waals surface area contributed by atoms with Gasteiger partial charge in [0.15, 0.2) is 0 Å². The molecule has 1 aromatic rings. The van der Waals surface area contributed by atoms with Gasteiger partial charge in [0.2, 0.25) is 0 Å². The first-order chi connectivity index (χ1) is 17.2. The maximum Gasteiger partial charge on any atom is 0.0723 e. The van der Waals surface area contributed by atoms with Crippen LogP contribution in [0.15, 0.2) is 23.5 Å². The highest BCUT2D eigenvalue weighted by atomic mass is 28.4. The molecular formula is C31H63Si8. The molecule has 2 rings (SSSR count). The van der Waals surface area contributed by atoms with Crippen molar-refractivity contribution in [1.82, 2.24) is 0 Å². The van der Waals surface area contributed by atoms with Crippen molar-refractivity contribution in [3.8, 4) is 0 Å². The second kappa shape index (κ2) is 11.8. The zero-order valence-electron chi connectivity index (χ0n) is 29.2. The molecule has 1 aliphatic rings. The molecule has 1 radical (unpaired) electrons. The van der Waals surface area contributed by atoms with Crippen LogP contribution in [0.4, 0.5) is 0 Å². The lowest BCUT2D eigenvalue weighted by Gasteiger charge is -2.46. The molecule has 0 N–H and O–H groups in total. The Hall–Kier alpha value is 0.435. The molecule has 0 nitrogen and oxygen atoms in total. The summed E-state index contributed by atoms with van der Waals surface area (Å²) in [6.45, 7) is 48.1. The minimum atomic E-state index is -1.48. The van der Waals surface area contributed by atoms with Crippen molar-refractivity contribution in [3.05, 3.63) is 40.2 Å². The second-order valence-electron chi connectivity index (χ2n) is 18.9. The largest absolute Gasteiger partial charge is 0.0812 e. The molecule has 0 spiro atoms. The van der Waals surface area contributed by atoms with Crippen molar-refractivity contribution >= 4 is 82.5 Å². The zero-order chi connectivity index (χ0) is 30.6. The fraction of sp³-hybridized carbons (Fsp3) is 0.677. The lowest BCUT2D eigenvalue weighted by molar-refractivity contribution is 1.10. The predicted molar refractivity (Wildman–Crippen MR) is 207 cm³/mol. The Morgan fingerprint density at radius 3 is 1.10 bits per heavy atom. The first kappa shape index (κ1) is 35.6. The highest BCUT2D eigenvalue weighted by Gasteiger charge is 2.46. The minimum Gasteiger partial charge on any atom is -0.0812 e. The summed E-state index contributed by atoms with van der Waals surface area (Å²) in [5.41, 5.74) is 15.8. The summed E-state index contributed by atoms with van der Waals surface area (Å²) in [7, 11) is -8.79. The van der Waals surface area contributed by atoms with Gasteiger partial charge in [0.25, 0.3) is 0 Å². The van der Waals surface area contributed by atoms with E-state index in [1.807, 2.05) is 16.3 Å². The van der Waals surface area contributed by atoms with Gasteiger partial charge in [-0.1, -0.05) is 153 Å². The molecule has 0 atom stereocenters. The zero-order valence-corrected chi connectivity index (χ0v) is 37.2. The third kappa shape index (κ3) is 8.73. The van der Waals surface area contributed by atoms with Gasteiger partial charge in [-0.25, -0.2) is 0 Å². The lowest BCUT2D eigenvalue weighted by Crippen LogP contribution is -2.54. The van der Waals surface area contributed by atoms with Crippen LogP contribution in [-0.4, -0.2) is 77.3 Å². The normalized spacial score (nSPS) is 16.1. The van der Waals surface area contributed by atoms with Gasteiger partial charge in [-0.2, -0.15) is 0 Å². The molecule has 0 saturated heterocycles. The van der Waals surface area contributed by atoms with Crippen LogP contribution in [0.3, 0.4) is 0 Å². The van der Waals surface area contributed by atoms with E-state index in [-0.39, 0.29) is 0 Å². The van der Waals surface area contributed by atoms with Gasteiger partial charge in [0, 0.05) is 57.6 Å². The Morgan fingerprint density at radius 1 is 0.513 bits per heavy atom. The summed E-state index contributed by atoms with van der Waals surface area (Å²) in [4.78, 5) is 0. The predicted octanol–water partition coefficient (Wildman–Crippen LogP) is 8.86. The van der Waals surface area contributed by atoms with Crippen LogP contribution in [0.25, 0.3) is 0 Å². The molecule has 8 heteroatoms. The van der Waals surface area contributed by atoms with Gasteiger partial charge in [0.1, 0.15) is 0 Å². The van der Waals surface area contributed by atoms with Crippen molar-refractivity contribution in [1.29, 1.82) is 0 Å². The number of hydrogen-bond donors (Lipinski definition) is 0. The Labute approximate surface area is 254 Å². The van der Waals surface area contributed by atoms with E-state index in [9.17, 15) is 0 Å². The smallest absolute Gasteiger partial charge is 0.0723 e. The van der Waals surface area contributed by atoms with Crippen molar-refractivity contribution in [2.45, 2.75) is 133 Å². The van der Waals surface area contributed by atoms with Gasteiger partial charge in [0.05, 0.1) is 8.41 Å². The molecule has 0 saturated carbocycles. The van der Waals surface area contributed by atoms with Crippen molar-refractivity contribution in [2.24, 2.45) is 0 Å². The fourth-order valence-corrected chi connectivity index (χ4v) is 51.6. The SMILES string of the molecule is C[Si](C)(C)C(c1cc(C([Si](C)(C)C)[Si](C)(C)C)c([Si]2=CC=[Si]C=C2)c(C([Si](C)(C)C)[Si](C)(C)C)c1)[Si](C)(C)C. The van der Waals surface area contributed by atoms with Crippen LogP contribution in [-0.2, 0) is 0 Å². The van der Waals surface area contributed by atoms with E-state index in [4.69, 9.17) is 0 Å². The summed E-state index contributed by atoms with van der Waals surface area (Å²) in [6.07, 6.45) is 0. The van der Waals surface area contributed by atoms with Crippen molar-refractivity contribution in [2.75, 3.05) is 0 Å². The van der Waals surface area contributed by atoms with Gasteiger partial charge in [-0.3, -0.25) is 0 Å². The Bertz CT molecular complexity index is 1020. The van der Waals surface area contributed by atoms with E-state index in [1.165, 1.54) is 0 Å². The summed E-state index contributed by atoms with van der Waals surface area (Å²) in [5, 5.41) is 4.22. The Balaban J connectivity index is 3.33. The third-order valence-electron chi connectivity index (χ3n) is 8.38. The molecule has 1 aromatic carbocycles. The molecule has 0 aromatic heterocycles. The van der Waals surface area contributed by atoms with E-state index in [0.717, 1.165) is 24.6 Å². The molecular weight excluding hydrogens is 597 g/mol. The lowest BCUT2D eigenvalue weighted by atomic mass is 10.1. The van der Waals surface area contributed by atoms with Crippen LogP contribution < -0.4 is 5.19 Å². The summed E-state index contributed by atoms with van der Waals surface area (Å²) >= 11 is 0. The quantitative estimate of drug-likeness (QED) is 0.220. The van der Waals surface area contributed by atoms with E-state index < -0.39 is 56.9 Å². The Kier molecular flexibility index (Phi) is 10.8. The standard InChI is InChI=1S/C31H63Si8/c1-34(2,3)29(35(4,5)6)25-23-26(30(36(7,8)9)37(10,11)12)28(33-21-19-32-20-22-33)27(24-25)31(38(13,14)15)39(16,17)18/h19-24,29-31H,1-18H3. The van der Waals surface area contributed by atoms with Crippen LogP contribution in [0, 0.1) is 0 Å². The average molecular weight is 661 g/mol. The highest BCUT2D eigenvalue weighted by Crippen LogP contribution is 2.44. The summed E-state index contributed by atoms with van der Waals surface area (Å²) in [5.74, 6) is 0. The van der Waals surface area contributed by atoms with Gasteiger partial charge >= 0.3 is 0 Å². The van der Waals surface area contributed by atoms with Crippen LogP contribution >= 0.6 is 0 Å². The first-order valence-electron chi connectivity index (χ1n) is 15.3. The van der Waals surface area contributed by atoms with Crippen LogP contribution in [0.1, 0.15) is 32.2 Å². The van der Waals surface area contributed by atoms with Gasteiger partial charge in [-0.15, -0.1) is 0 Å². The number of benzene rings is 1. The van der Waals surface area contributed by atoms with Gasteiger partial charge in [-0.05, 0) is 37.4 Å². The molecule has 1 heterocycles. The molecule has 1 aliphatic heterocycles.